The van der Waals surface area contributed by atoms with E-state index in [1.54, 1.807) is 0 Å². The lowest BCUT2D eigenvalue weighted by molar-refractivity contribution is 0.216. The molecule has 0 spiro atoms. The van der Waals surface area contributed by atoms with E-state index in [1.807, 2.05) is 0 Å². The van der Waals surface area contributed by atoms with E-state index in [9.17, 15) is 0 Å². The topological polar surface area (TPSA) is 8.17 Å². The molecule has 0 amide bonds. The molecule has 1 aliphatic heterocycles. The highest BCUT2D eigenvalue weighted by Gasteiger charge is 2.15. The second-order valence-electron chi connectivity index (χ2n) is 5.73. The summed E-state index contributed by atoms with van der Waals surface area (Å²) in [5.74, 6) is 0. The minimum Gasteiger partial charge on any atom is -0.343 e. The average molecular weight is 256 g/mol. The van der Waals surface area contributed by atoms with Crippen molar-refractivity contribution < 1.29 is 0 Å². The summed E-state index contributed by atoms with van der Waals surface area (Å²) in [5, 5.41) is 1.40. The highest BCUT2D eigenvalue weighted by molar-refractivity contribution is 5.84. The summed E-state index contributed by atoms with van der Waals surface area (Å²) in [5.41, 5.74) is 4.30. The summed E-state index contributed by atoms with van der Waals surface area (Å²) in [7, 11) is 0. The molecule has 0 atom stereocenters. The third-order valence-electron chi connectivity index (χ3n) is 4.36. The summed E-state index contributed by atoms with van der Waals surface area (Å²) in [6.07, 6.45) is 4.14. The maximum absolute atomic E-state index is 2.61. The lowest BCUT2D eigenvalue weighted by Gasteiger charge is -2.26. The van der Waals surface area contributed by atoms with Gasteiger partial charge < -0.3 is 4.57 Å². The molecule has 102 valence electrons. The quantitative estimate of drug-likeness (QED) is 0.807. The third kappa shape index (κ3) is 2.42. The van der Waals surface area contributed by atoms with Gasteiger partial charge in [0.15, 0.2) is 0 Å². The van der Waals surface area contributed by atoms with Crippen molar-refractivity contribution in [2.24, 2.45) is 0 Å². The fraction of sp³-hybridized carbons (Fsp3) is 0.529. The molecule has 0 saturated carbocycles. The Morgan fingerprint density at radius 3 is 2.63 bits per heavy atom. The Hall–Kier alpha value is -1.28. The molecule has 0 unspecified atom stereocenters. The van der Waals surface area contributed by atoms with Crippen molar-refractivity contribution in [1.82, 2.24) is 9.47 Å². The largest absolute Gasteiger partial charge is 0.343 e. The van der Waals surface area contributed by atoms with Gasteiger partial charge in [-0.25, -0.2) is 0 Å². The first-order chi connectivity index (χ1) is 9.29. The van der Waals surface area contributed by atoms with Crippen molar-refractivity contribution in [3.05, 3.63) is 35.5 Å². The van der Waals surface area contributed by atoms with Crippen LogP contribution in [0.2, 0.25) is 0 Å². The van der Waals surface area contributed by atoms with Gasteiger partial charge in [-0.1, -0.05) is 24.6 Å². The van der Waals surface area contributed by atoms with Gasteiger partial charge in [0.25, 0.3) is 0 Å². The van der Waals surface area contributed by atoms with Gasteiger partial charge in [0.2, 0.25) is 0 Å². The first-order valence-electron chi connectivity index (χ1n) is 7.59. The maximum atomic E-state index is 2.61. The molecule has 2 heteroatoms. The van der Waals surface area contributed by atoms with Crippen LogP contribution in [0, 0.1) is 6.92 Å². The Morgan fingerprint density at radius 1 is 1.11 bits per heavy atom. The number of aromatic nitrogens is 1. The summed E-state index contributed by atoms with van der Waals surface area (Å²) < 4.78 is 2.50. The zero-order valence-corrected chi connectivity index (χ0v) is 12.2. The van der Waals surface area contributed by atoms with Crippen molar-refractivity contribution in [3.63, 3.8) is 0 Å². The van der Waals surface area contributed by atoms with Gasteiger partial charge in [-0.05, 0) is 51.4 Å². The molecule has 1 aromatic carbocycles. The van der Waals surface area contributed by atoms with Gasteiger partial charge in [0.05, 0.1) is 5.52 Å². The molecular weight excluding hydrogens is 232 g/mol. The van der Waals surface area contributed by atoms with E-state index in [0.717, 1.165) is 13.1 Å². The van der Waals surface area contributed by atoms with Gasteiger partial charge in [0.1, 0.15) is 0 Å². The zero-order valence-electron chi connectivity index (χ0n) is 12.2. The number of hydrogen-bond acceptors (Lipinski definition) is 1. The Morgan fingerprint density at radius 2 is 1.89 bits per heavy atom. The number of piperidine rings is 1. The van der Waals surface area contributed by atoms with Crippen LogP contribution in [0.3, 0.4) is 0 Å². The van der Waals surface area contributed by atoms with E-state index in [1.165, 1.54) is 54.5 Å². The van der Waals surface area contributed by atoms with E-state index in [2.05, 4.69) is 47.6 Å². The molecular formula is C17H24N2. The van der Waals surface area contributed by atoms with Crippen LogP contribution in [-0.2, 0) is 13.1 Å². The highest BCUT2D eigenvalue weighted by Crippen LogP contribution is 2.25. The molecule has 1 fully saturated rings. The van der Waals surface area contributed by atoms with E-state index in [0.29, 0.717) is 0 Å². The molecule has 2 aromatic rings. The minimum absolute atomic E-state index is 1.07. The fourth-order valence-corrected chi connectivity index (χ4v) is 3.41. The Labute approximate surface area is 116 Å². The van der Waals surface area contributed by atoms with E-state index in [4.69, 9.17) is 0 Å². The number of benzene rings is 1. The second kappa shape index (κ2) is 5.38. The zero-order chi connectivity index (χ0) is 13.2. The lowest BCUT2D eigenvalue weighted by atomic mass is 10.1. The van der Waals surface area contributed by atoms with Gasteiger partial charge >= 0.3 is 0 Å². The maximum Gasteiger partial charge on any atom is 0.0512 e. The summed E-state index contributed by atoms with van der Waals surface area (Å²) in [6.45, 7) is 9.19. The number of aryl methyl sites for hydroxylation is 2. The van der Waals surface area contributed by atoms with Crippen LogP contribution in [0.5, 0.6) is 0 Å². The number of nitrogens with zero attached hydrogens (tertiary/aromatic N) is 2. The molecule has 0 N–H and O–H groups in total. The molecule has 2 nitrogen and oxygen atoms in total. The molecule has 19 heavy (non-hydrogen) atoms. The van der Waals surface area contributed by atoms with Gasteiger partial charge in [-0.3, -0.25) is 4.90 Å². The van der Waals surface area contributed by atoms with Crippen LogP contribution in [-0.4, -0.2) is 22.6 Å². The van der Waals surface area contributed by atoms with Crippen molar-refractivity contribution >= 4 is 10.9 Å². The third-order valence-corrected chi connectivity index (χ3v) is 4.36. The first-order valence-corrected chi connectivity index (χ1v) is 7.59. The summed E-state index contributed by atoms with van der Waals surface area (Å²) >= 11 is 0. The predicted molar refractivity (Wildman–Crippen MR) is 81.5 cm³/mol. The molecule has 2 heterocycles. The van der Waals surface area contributed by atoms with Crippen LogP contribution < -0.4 is 0 Å². The molecule has 1 aliphatic rings. The second-order valence-corrected chi connectivity index (χ2v) is 5.73. The SMILES string of the molecule is CCn1c(CN2CCCCC2)cc2cccc(C)c21. The number of likely N-dealkylation sites (tertiary alicyclic amines) is 1. The van der Waals surface area contributed by atoms with Crippen LogP contribution >= 0.6 is 0 Å². The average Bonchev–Trinajstić information content (AvgIpc) is 2.78. The van der Waals surface area contributed by atoms with Gasteiger partial charge in [0, 0.05) is 24.2 Å². The number of para-hydroxylation sites is 1. The van der Waals surface area contributed by atoms with Gasteiger partial charge in [-0.2, -0.15) is 0 Å². The number of fused-ring (bicyclic) bond motifs is 1. The molecule has 0 radical (unpaired) electrons. The van der Waals surface area contributed by atoms with Crippen LogP contribution in [0.1, 0.15) is 37.4 Å². The van der Waals surface area contributed by atoms with Crippen LogP contribution in [0.15, 0.2) is 24.3 Å². The highest BCUT2D eigenvalue weighted by atomic mass is 15.1. The summed E-state index contributed by atoms with van der Waals surface area (Å²) in [6, 6.07) is 9.02. The number of rotatable bonds is 3. The van der Waals surface area contributed by atoms with Crippen molar-refractivity contribution in [3.8, 4) is 0 Å². The van der Waals surface area contributed by atoms with E-state index < -0.39 is 0 Å². The molecule has 1 aromatic heterocycles. The minimum atomic E-state index is 1.07. The number of hydrogen-bond donors (Lipinski definition) is 0. The van der Waals surface area contributed by atoms with E-state index >= 15 is 0 Å². The first kappa shape index (κ1) is 12.7. The Balaban J connectivity index is 1.96. The van der Waals surface area contributed by atoms with Crippen molar-refractivity contribution in [2.75, 3.05) is 13.1 Å². The van der Waals surface area contributed by atoms with Crippen molar-refractivity contribution in [2.45, 2.75) is 46.2 Å². The fourth-order valence-electron chi connectivity index (χ4n) is 3.41. The van der Waals surface area contributed by atoms with Crippen molar-refractivity contribution in [1.29, 1.82) is 0 Å². The monoisotopic (exact) mass is 256 g/mol. The molecule has 3 rings (SSSR count). The summed E-state index contributed by atoms with van der Waals surface area (Å²) in [4.78, 5) is 2.61. The van der Waals surface area contributed by atoms with E-state index in [-0.39, 0.29) is 0 Å². The molecule has 1 saturated heterocycles. The van der Waals surface area contributed by atoms with Crippen LogP contribution in [0.25, 0.3) is 10.9 Å². The molecule has 0 aliphatic carbocycles. The van der Waals surface area contributed by atoms with Crippen LogP contribution in [0.4, 0.5) is 0 Å². The smallest absolute Gasteiger partial charge is 0.0512 e. The lowest BCUT2D eigenvalue weighted by Crippen LogP contribution is -2.30. The Bertz CT molecular complexity index is 562. The van der Waals surface area contributed by atoms with Gasteiger partial charge in [-0.15, -0.1) is 0 Å². The normalized spacial score (nSPS) is 17.2. The standard InChI is InChI=1S/C17H24N2/c1-3-19-16(13-18-10-5-4-6-11-18)12-15-9-7-8-14(2)17(15)19/h7-9,12H,3-6,10-11,13H2,1-2H3. The molecule has 0 bridgehead atoms. The predicted octanol–water partition coefficient (Wildman–Crippen LogP) is 3.96. The Kier molecular flexibility index (Phi) is 3.61.